The molecule has 0 unspecified atom stereocenters. The molecule has 2 rings (SSSR count). The van der Waals surface area contributed by atoms with Crippen molar-refractivity contribution in [3.05, 3.63) is 52.3 Å². The summed E-state index contributed by atoms with van der Waals surface area (Å²) in [7, 11) is 0. The first-order valence-corrected chi connectivity index (χ1v) is 9.54. The highest BCUT2D eigenvalue weighted by Crippen LogP contribution is 2.21. The van der Waals surface area contributed by atoms with Crippen LogP contribution in [0.15, 0.2) is 24.3 Å². The number of ether oxygens (including phenoxy) is 2. The molecule has 0 aliphatic heterocycles. The van der Waals surface area contributed by atoms with E-state index in [0.717, 1.165) is 0 Å². The zero-order valence-corrected chi connectivity index (χ0v) is 17.9. The van der Waals surface area contributed by atoms with E-state index in [9.17, 15) is 19.2 Å². The Morgan fingerprint density at radius 3 is 2.20 bits per heavy atom. The van der Waals surface area contributed by atoms with E-state index in [2.05, 4.69) is 10.3 Å². The van der Waals surface area contributed by atoms with E-state index in [1.807, 2.05) is 0 Å². The Balaban J connectivity index is 2.14. The number of benzene rings is 1. The standard InChI is InChI=1S/C22H26N2O6/c1-11(2)29-21(27)18-12(3)19(23-13(18)4)22(28)30-15(6)20(26)24-17-10-8-7-9-16(17)14(5)25/h7-11,15,23H,1-6H3,(H,24,26)/t15-/m1/s1. The summed E-state index contributed by atoms with van der Waals surface area (Å²) in [6, 6.07) is 6.56. The first kappa shape index (κ1) is 22.9. The maximum absolute atomic E-state index is 12.6. The molecule has 0 spiro atoms. The van der Waals surface area contributed by atoms with Crippen molar-refractivity contribution in [1.82, 2.24) is 4.98 Å². The number of anilines is 1. The molecule has 0 saturated carbocycles. The Bertz CT molecular complexity index is 990. The molecule has 1 amide bonds. The van der Waals surface area contributed by atoms with Crippen molar-refractivity contribution in [3.63, 3.8) is 0 Å². The molecule has 2 aromatic rings. The molecule has 0 bridgehead atoms. The van der Waals surface area contributed by atoms with Gasteiger partial charge in [-0.2, -0.15) is 0 Å². The van der Waals surface area contributed by atoms with E-state index >= 15 is 0 Å². The molecule has 160 valence electrons. The average molecular weight is 414 g/mol. The van der Waals surface area contributed by atoms with Gasteiger partial charge in [-0.15, -0.1) is 0 Å². The number of aromatic amines is 1. The minimum absolute atomic E-state index is 0.0759. The van der Waals surface area contributed by atoms with Crippen LogP contribution in [0.25, 0.3) is 0 Å². The molecule has 1 aromatic carbocycles. The van der Waals surface area contributed by atoms with Crippen LogP contribution >= 0.6 is 0 Å². The molecule has 30 heavy (non-hydrogen) atoms. The number of amides is 1. The van der Waals surface area contributed by atoms with Crippen molar-refractivity contribution in [3.8, 4) is 0 Å². The minimum Gasteiger partial charge on any atom is -0.459 e. The van der Waals surface area contributed by atoms with E-state index in [1.165, 1.54) is 13.8 Å². The fourth-order valence-corrected chi connectivity index (χ4v) is 2.94. The molecular weight excluding hydrogens is 388 g/mol. The van der Waals surface area contributed by atoms with Crippen LogP contribution in [0.4, 0.5) is 5.69 Å². The third-order valence-corrected chi connectivity index (χ3v) is 4.41. The van der Waals surface area contributed by atoms with Crippen LogP contribution in [0.5, 0.6) is 0 Å². The van der Waals surface area contributed by atoms with Crippen molar-refractivity contribution < 1.29 is 28.7 Å². The quantitative estimate of drug-likeness (QED) is 0.529. The van der Waals surface area contributed by atoms with E-state index in [-0.39, 0.29) is 23.1 Å². The lowest BCUT2D eigenvalue weighted by atomic mass is 10.1. The van der Waals surface area contributed by atoms with Crippen LogP contribution in [0.2, 0.25) is 0 Å². The van der Waals surface area contributed by atoms with E-state index in [4.69, 9.17) is 9.47 Å². The van der Waals surface area contributed by atoms with Gasteiger partial charge in [-0.3, -0.25) is 9.59 Å². The fourth-order valence-electron chi connectivity index (χ4n) is 2.94. The van der Waals surface area contributed by atoms with Crippen LogP contribution in [0.1, 0.15) is 70.2 Å². The van der Waals surface area contributed by atoms with Crippen molar-refractivity contribution >= 4 is 29.3 Å². The summed E-state index contributed by atoms with van der Waals surface area (Å²) < 4.78 is 10.5. The molecule has 2 N–H and O–H groups in total. The summed E-state index contributed by atoms with van der Waals surface area (Å²) in [4.78, 5) is 51.8. The van der Waals surface area contributed by atoms with E-state index < -0.39 is 23.9 Å². The molecular formula is C22H26N2O6. The predicted octanol–water partition coefficient (Wildman–Crippen LogP) is 3.58. The van der Waals surface area contributed by atoms with Crippen LogP contribution in [0, 0.1) is 13.8 Å². The van der Waals surface area contributed by atoms with E-state index in [1.54, 1.807) is 52.0 Å². The first-order chi connectivity index (χ1) is 14.0. The number of Topliss-reactive ketones (excluding diaryl/α,β-unsaturated/α-hetero) is 1. The number of rotatable bonds is 7. The van der Waals surface area contributed by atoms with Crippen LogP contribution in [-0.2, 0) is 14.3 Å². The molecule has 1 heterocycles. The number of para-hydroxylation sites is 1. The van der Waals surface area contributed by atoms with Gasteiger partial charge in [0.05, 0.1) is 17.4 Å². The number of ketones is 1. The lowest BCUT2D eigenvalue weighted by Gasteiger charge is -2.15. The zero-order valence-electron chi connectivity index (χ0n) is 17.9. The molecule has 8 heteroatoms. The van der Waals surface area contributed by atoms with Crippen molar-refractivity contribution in [2.24, 2.45) is 0 Å². The Labute approximate surface area is 175 Å². The van der Waals surface area contributed by atoms with Gasteiger partial charge in [-0.1, -0.05) is 12.1 Å². The molecule has 1 aromatic heterocycles. The second kappa shape index (κ2) is 9.39. The average Bonchev–Trinajstić information content (AvgIpc) is 2.95. The molecule has 8 nitrogen and oxygen atoms in total. The van der Waals surface area contributed by atoms with Gasteiger partial charge >= 0.3 is 11.9 Å². The highest BCUT2D eigenvalue weighted by atomic mass is 16.6. The highest BCUT2D eigenvalue weighted by molar-refractivity contribution is 6.05. The molecule has 1 atom stereocenters. The Hall–Kier alpha value is -3.42. The SMILES string of the molecule is CC(=O)c1ccccc1NC(=O)[C@@H](C)OC(=O)c1[nH]c(C)c(C(=O)OC(C)C)c1C. The third-order valence-electron chi connectivity index (χ3n) is 4.41. The summed E-state index contributed by atoms with van der Waals surface area (Å²) in [5.74, 6) is -2.10. The van der Waals surface area contributed by atoms with Gasteiger partial charge in [0.25, 0.3) is 5.91 Å². The number of carbonyl (C=O) groups is 4. The van der Waals surface area contributed by atoms with Crippen molar-refractivity contribution in [1.29, 1.82) is 0 Å². The predicted molar refractivity (Wildman–Crippen MR) is 111 cm³/mol. The van der Waals surface area contributed by atoms with Gasteiger partial charge in [0.15, 0.2) is 11.9 Å². The van der Waals surface area contributed by atoms with Gasteiger partial charge in [0.1, 0.15) is 5.69 Å². The molecule has 0 radical (unpaired) electrons. The Kier molecular flexibility index (Phi) is 7.15. The fraction of sp³-hybridized carbons (Fsp3) is 0.364. The second-order valence-corrected chi connectivity index (χ2v) is 7.22. The number of hydrogen-bond acceptors (Lipinski definition) is 6. The van der Waals surface area contributed by atoms with Gasteiger partial charge < -0.3 is 19.8 Å². The van der Waals surface area contributed by atoms with E-state index in [0.29, 0.717) is 22.5 Å². The monoisotopic (exact) mass is 414 g/mol. The maximum atomic E-state index is 12.6. The number of aryl methyl sites for hydroxylation is 1. The number of aromatic nitrogens is 1. The Morgan fingerprint density at radius 2 is 1.60 bits per heavy atom. The largest absolute Gasteiger partial charge is 0.459 e. The van der Waals surface area contributed by atoms with Crippen molar-refractivity contribution in [2.45, 2.75) is 53.8 Å². The van der Waals surface area contributed by atoms with Crippen LogP contribution in [0.3, 0.4) is 0 Å². The number of H-pyrrole nitrogens is 1. The van der Waals surface area contributed by atoms with Crippen LogP contribution in [-0.4, -0.2) is 40.8 Å². The lowest BCUT2D eigenvalue weighted by Crippen LogP contribution is -2.30. The van der Waals surface area contributed by atoms with Gasteiger partial charge in [-0.05, 0) is 59.2 Å². The zero-order chi connectivity index (χ0) is 22.6. The summed E-state index contributed by atoms with van der Waals surface area (Å²) in [6.07, 6.45) is -1.44. The second-order valence-electron chi connectivity index (χ2n) is 7.22. The first-order valence-electron chi connectivity index (χ1n) is 9.54. The summed E-state index contributed by atoms with van der Waals surface area (Å²) in [6.45, 7) is 9.53. The number of nitrogens with one attached hydrogen (secondary N) is 2. The smallest absolute Gasteiger partial charge is 0.355 e. The molecule has 0 fully saturated rings. The van der Waals surface area contributed by atoms with Gasteiger partial charge in [-0.25, -0.2) is 9.59 Å². The van der Waals surface area contributed by atoms with Gasteiger partial charge in [0, 0.05) is 11.3 Å². The number of carbonyl (C=O) groups excluding carboxylic acids is 4. The molecule has 0 aliphatic rings. The van der Waals surface area contributed by atoms with Crippen LogP contribution < -0.4 is 5.32 Å². The summed E-state index contributed by atoms with van der Waals surface area (Å²) in [5.41, 5.74) is 1.89. The third kappa shape index (κ3) is 5.14. The normalized spacial score (nSPS) is 11.7. The summed E-state index contributed by atoms with van der Waals surface area (Å²) >= 11 is 0. The maximum Gasteiger partial charge on any atom is 0.355 e. The Morgan fingerprint density at radius 1 is 0.967 bits per heavy atom. The molecule has 0 aliphatic carbocycles. The topological polar surface area (TPSA) is 115 Å². The summed E-state index contributed by atoms with van der Waals surface area (Å²) in [5, 5.41) is 2.60. The lowest BCUT2D eigenvalue weighted by molar-refractivity contribution is -0.123. The number of hydrogen-bond donors (Lipinski definition) is 2. The number of esters is 2. The van der Waals surface area contributed by atoms with Crippen molar-refractivity contribution in [2.75, 3.05) is 5.32 Å². The minimum atomic E-state index is -1.13. The highest BCUT2D eigenvalue weighted by Gasteiger charge is 2.27. The van der Waals surface area contributed by atoms with Gasteiger partial charge in [0.2, 0.25) is 0 Å². The molecule has 0 saturated heterocycles.